The Morgan fingerprint density at radius 3 is 2.76 bits per heavy atom. The van der Waals surface area contributed by atoms with E-state index in [1.165, 1.54) is 6.42 Å². The van der Waals surface area contributed by atoms with E-state index in [9.17, 15) is 5.11 Å². The first-order valence-electron chi connectivity index (χ1n) is 5.98. The molecule has 1 aromatic carbocycles. The lowest BCUT2D eigenvalue weighted by atomic mass is 9.96. The molecular formula is C13H19NO3. The Morgan fingerprint density at radius 1 is 1.47 bits per heavy atom. The summed E-state index contributed by atoms with van der Waals surface area (Å²) in [4.78, 5) is 0. The smallest absolute Gasteiger partial charge is 0.167 e. The summed E-state index contributed by atoms with van der Waals surface area (Å²) >= 11 is 0. The van der Waals surface area contributed by atoms with Crippen LogP contribution in [-0.2, 0) is 0 Å². The third-order valence-corrected chi connectivity index (χ3v) is 3.15. The molecular weight excluding hydrogens is 218 g/mol. The van der Waals surface area contributed by atoms with Crippen molar-refractivity contribution in [3.63, 3.8) is 0 Å². The molecule has 1 saturated carbocycles. The van der Waals surface area contributed by atoms with Gasteiger partial charge in [0.2, 0.25) is 0 Å². The highest BCUT2D eigenvalue weighted by Gasteiger charge is 2.24. The van der Waals surface area contributed by atoms with Crippen molar-refractivity contribution in [1.29, 1.82) is 0 Å². The lowest BCUT2D eigenvalue weighted by molar-refractivity contribution is 0.107. The summed E-state index contributed by atoms with van der Waals surface area (Å²) in [5.41, 5.74) is 6.20. The Balaban J connectivity index is 2.28. The maximum Gasteiger partial charge on any atom is 0.167 e. The maximum atomic E-state index is 9.87. The second kappa shape index (κ2) is 5.38. The van der Waals surface area contributed by atoms with Gasteiger partial charge in [-0.05, 0) is 25.3 Å². The normalized spacial score (nSPS) is 17.4. The second-order valence-corrected chi connectivity index (χ2v) is 4.30. The van der Waals surface area contributed by atoms with E-state index in [4.69, 9.17) is 15.2 Å². The summed E-state index contributed by atoms with van der Waals surface area (Å²) in [7, 11) is 1.60. The fourth-order valence-corrected chi connectivity index (χ4v) is 1.86. The first-order chi connectivity index (χ1) is 8.26. The third kappa shape index (κ3) is 2.53. The minimum Gasteiger partial charge on any atom is -0.493 e. The van der Waals surface area contributed by atoms with Crippen molar-refractivity contribution in [1.82, 2.24) is 0 Å². The van der Waals surface area contributed by atoms with Crippen LogP contribution >= 0.6 is 0 Å². The molecule has 4 heteroatoms. The average molecular weight is 237 g/mol. The van der Waals surface area contributed by atoms with Gasteiger partial charge in [-0.25, -0.2) is 0 Å². The van der Waals surface area contributed by atoms with E-state index >= 15 is 0 Å². The van der Waals surface area contributed by atoms with Gasteiger partial charge in [0, 0.05) is 12.1 Å². The number of ether oxygens (including phenoxy) is 2. The molecule has 1 aromatic rings. The summed E-state index contributed by atoms with van der Waals surface area (Å²) in [6, 6.07) is 5.50. The van der Waals surface area contributed by atoms with Gasteiger partial charge in [-0.15, -0.1) is 0 Å². The highest BCUT2D eigenvalue weighted by atomic mass is 16.5. The van der Waals surface area contributed by atoms with E-state index in [1.54, 1.807) is 7.11 Å². The van der Waals surface area contributed by atoms with Crippen LogP contribution in [0.1, 0.15) is 30.9 Å². The van der Waals surface area contributed by atoms with Gasteiger partial charge in [-0.3, -0.25) is 0 Å². The molecule has 0 radical (unpaired) electrons. The molecule has 1 aliphatic rings. The molecule has 0 spiro atoms. The van der Waals surface area contributed by atoms with Crippen molar-refractivity contribution in [2.24, 2.45) is 5.73 Å². The Kier molecular flexibility index (Phi) is 3.86. The zero-order chi connectivity index (χ0) is 12.3. The molecule has 94 valence electrons. The first-order valence-corrected chi connectivity index (χ1v) is 5.98. The molecule has 4 nitrogen and oxygen atoms in total. The van der Waals surface area contributed by atoms with E-state index < -0.39 is 6.10 Å². The number of aliphatic hydroxyl groups is 1. The van der Waals surface area contributed by atoms with Crippen molar-refractivity contribution < 1.29 is 14.6 Å². The number of rotatable bonds is 5. The van der Waals surface area contributed by atoms with Crippen LogP contribution in [0.15, 0.2) is 18.2 Å². The summed E-state index contributed by atoms with van der Waals surface area (Å²) in [5.74, 6) is 1.29. The van der Waals surface area contributed by atoms with Crippen molar-refractivity contribution >= 4 is 0 Å². The lowest BCUT2D eigenvalue weighted by Gasteiger charge is -2.29. The Morgan fingerprint density at radius 2 is 2.24 bits per heavy atom. The molecule has 0 heterocycles. The average Bonchev–Trinajstić information content (AvgIpc) is 2.32. The molecule has 0 amide bonds. The van der Waals surface area contributed by atoms with Crippen LogP contribution in [0, 0.1) is 0 Å². The van der Waals surface area contributed by atoms with Gasteiger partial charge in [0.05, 0.1) is 19.3 Å². The van der Waals surface area contributed by atoms with Crippen LogP contribution in [0.4, 0.5) is 0 Å². The predicted molar refractivity (Wildman–Crippen MR) is 65.3 cm³/mol. The van der Waals surface area contributed by atoms with Crippen LogP contribution in [0.3, 0.4) is 0 Å². The van der Waals surface area contributed by atoms with E-state index in [0.717, 1.165) is 12.8 Å². The Bertz CT molecular complexity index is 377. The molecule has 3 N–H and O–H groups in total. The quantitative estimate of drug-likeness (QED) is 0.816. The number of methoxy groups -OCH3 is 1. The minimum absolute atomic E-state index is 0.175. The van der Waals surface area contributed by atoms with E-state index in [-0.39, 0.29) is 12.6 Å². The molecule has 2 rings (SSSR count). The molecule has 1 fully saturated rings. The summed E-state index contributed by atoms with van der Waals surface area (Å²) in [6.07, 6.45) is 2.87. The van der Waals surface area contributed by atoms with Crippen molar-refractivity contribution in [2.75, 3.05) is 13.7 Å². The van der Waals surface area contributed by atoms with Gasteiger partial charge < -0.3 is 20.3 Å². The zero-order valence-corrected chi connectivity index (χ0v) is 10.1. The molecule has 1 unspecified atom stereocenters. The van der Waals surface area contributed by atoms with Gasteiger partial charge in [0.15, 0.2) is 11.5 Å². The predicted octanol–water partition coefficient (Wildman–Crippen LogP) is 1.62. The van der Waals surface area contributed by atoms with Gasteiger partial charge >= 0.3 is 0 Å². The zero-order valence-electron chi connectivity index (χ0n) is 10.1. The van der Waals surface area contributed by atoms with E-state index in [1.807, 2.05) is 18.2 Å². The number of hydrogen-bond donors (Lipinski definition) is 2. The maximum absolute atomic E-state index is 9.87. The SMILES string of the molecule is COc1cccc(C(O)CN)c1OC1CCC1. The molecule has 1 atom stereocenters. The standard InChI is InChI=1S/C13H19NO3/c1-16-12-7-3-6-10(11(15)8-14)13(12)17-9-4-2-5-9/h3,6-7,9,11,15H,2,4-5,8,14H2,1H3. The van der Waals surface area contributed by atoms with Crippen molar-refractivity contribution in [2.45, 2.75) is 31.5 Å². The van der Waals surface area contributed by atoms with Crippen LogP contribution in [0.2, 0.25) is 0 Å². The van der Waals surface area contributed by atoms with E-state index in [2.05, 4.69) is 0 Å². The first kappa shape index (κ1) is 12.2. The molecule has 0 aromatic heterocycles. The lowest BCUT2D eigenvalue weighted by Crippen LogP contribution is -2.26. The topological polar surface area (TPSA) is 64.7 Å². The number of hydrogen-bond acceptors (Lipinski definition) is 4. The minimum atomic E-state index is -0.708. The highest BCUT2D eigenvalue weighted by Crippen LogP contribution is 2.37. The van der Waals surface area contributed by atoms with Crippen LogP contribution < -0.4 is 15.2 Å². The monoisotopic (exact) mass is 237 g/mol. The fraction of sp³-hybridized carbons (Fsp3) is 0.538. The van der Waals surface area contributed by atoms with Gasteiger partial charge in [-0.2, -0.15) is 0 Å². The van der Waals surface area contributed by atoms with Gasteiger partial charge in [0.1, 0.15) is 0 Å². The second-order valence-electron chi connectivity index (χ2n) is 4.30. The van der Waals surface area contributed by atoms with Crippen LogP contribution in [0.5, 0.6) is 11.5 Å². The summed E-state index contributed by atoms with van der Waals surface area (Å²) in [6.45, 7) is 0.175. The number of aliphatic hydroxyl groups excluding tert-OH is 1. The largest absolute Gasteiger partial charge is 0.493 e. The molecule has 17 heavy (non-hydrogen) atoms. The van der Waals surface area contributed by atoms with E-state index in [0.29, 0.717) is 17.1 Å². The summed E-state index contributed by atoms with van der Waals surface area (Å²) < 4.78 is 11.2. The molecule has 1 aliphatic carbocycles. The fourth-order valence-electron chi connectivity index (χ4n) is 1.86. The number of nitrogens with two attached hydrogens (primary N) is 1. The molecule has 0 aliphatic heterocycles. The number of para-hydroxylation sites is 1. The van der Waals surface area contributed by atoms with Crippen molar-refractivity contribution in [3.05, 3.63) is 23.8 Å². The number of benzene rings is 1. The molecule has 0 saturated heterocycles. The summed E-state index contributed by atoms with van der Waals surface area (Å²) in [5, 5.41) is 9.87. The Hall–Kier alpha value is -1.26. The van der Waals surface area contributed by atoms with Crippen LogP contribution in [0.25, 0.3) is 0 Å². The van der Waals surface area contributed by atoms with Gasteiger partial charge in [-0.1, -0.05) is 12.1 Å². The Labute approximate surface area is 101 Å². The third-order valence-electron chi connectivity index (χ3n) is 3.15. The molecule has 0 bridgehead atoms. The van der Waals surface area contributed by atoms with Gasteiger partial charge in [0.25, 0.3) is 0 Å². The van der Waals surface area contributed by atoms with Crippen LogP contribution in [-0.4, -0.2) is 24.9 Å². The highest BCUT2D eigenvalue weighted by molar-refractivity contribution is 5.48. The van der Waals surface area contributed by atoms with Crippen molar-refractivity contribution in [3.8, 4) is 11.5 Å².